The van der Waals surface area contributed by atoms with Crippen LogP contribution in [0, 0.1) is 17.7 Å². The predicted octanol–water partition coefficient (Wildman–Crippen LogP) is 0.817. The molecule has 5 aromatic rings. The summed E-state index contributed by atoms with van der Waals surface area (Å²) in [5.41, 5.74) is 1.69. The number of aliphatic carboxylic acids is 1. The van der Waals surface area contributed by atoms with Gasteiger partial charge >= 0.3 is 11.9 Å². The van der Waals surface area contributed by atoms with Crippen LogP contribution in [0.3, 0.4) is 0 Å². The number of aliphatic hydroxyl groups excluding tert-OH is 8. The van der Waals surface area contributed by atoms with E-state index < -0.39 is 159 Å². The van der Waals surface area contributed by atoms with Crippen LogP contribution < -0.4 is 5.32 Å². The van der Waals surface area contributed by atoms with Crippen LogP contribution in [0.2, 0.25) is 0 Å². The Bertz CT molecular complexity index is 3040. The maximum Gasteiger partial charge on any atom is 0.338 e. The molecule has 0 bridgehead atoms. The van der Waals surface area contributed by atoms with E-state index in [-0.39, 0.29) is 49.6 Å². The zero-order valence-electron chi connectivity index (χ0n) is 47.4. The molecule has 10 N–H and O–H groups in total. The highest BCUT2D eigenvalue weighted by atomic mass is 19.1. The molecule has 5 fully saturated rings. The summed E-state index contributed by atoms with van der Waals surface area (Å²) in [6.45, 7) is -0.661. The van der Waals surface area contributed by atoms with Crippen LogP contribution in [0.4, 0.5) is 4.39 Å². The van der Waals surface area contributed by atoms with E-state index in [2.05, 4.69) is 25.9 Å². The zero-order valence-corrected chi connectivity index (χ0v) is 47.4. The lowest BCUT2D eigenvalue weighted by Gasteiger charge is -2.48. The van der Waals surface area contributed by atoms with Crippen molar-refractivity contribution in [3.63, 3.8) is 0 Å². The zero-order chi connectivity index (χ0) is 61.5. The number of ether oxygens (including phenoxy) is 8. The van der Waals surface area contributed by atoms with Gasteiger partial charge in [0.05, 0.1) is 56.0 Å². The van der Waals surface area contributed by atoms with Crippen molar-refractivity contribution >= 4 is 17.8 Å². The molecule has 2 aliphatic carbocycles. The van der Waals surface area contributed by atoms with Crippen molar-refractivity contribution < 1.29 is 103 Å². The number of aromatic nitrogens is 6. The van der Waals surface area contributed by atoms with Gasteiger partial charge in [-0.3, -0.25) is 4.79 Å². The fourth-order valence-electron chi connectivity index (χ4n) is 12.1. The van der Waals surface area contributed by atoms with E-state index in [9.17, 15) is 64.7 Å². The number of carbonyl (C=O) groups is 3. The van der Waals surface area contributed by atoms with Gasteiger partial charge in [0.1, 0.15) is 84.3 Å². The highest BCUT2D eigenvalue weighted by Crippen LogP contribution is 2.42. The van der Waals surface area contributed by atoms with Gasteiger partial charge in [-0.15, -0.1) is 10.2 Å². The Morgan fingerprint density at radius 1 is 0.690 bits per heavy atom. The first-order valence-electron chi connectivity index (χ1n) is 29.3. The number of aliphatic hydroxyl groups is 8. The fourth-order valence-corrected chi connectivity index (χ4v) is 12.1. The van der Waals surface area contributed by atoms with E-state index in [0.29, 0.717) is 16.8 Å². The molecule has 87 heavy (non-hydrogen) atoms. The number of hydrogen-bond donors (Lipinski definition) is 10. The molecule has 472 valence electrons. The molecule has 3 saturated heterocycles. The van der Waals surface area contributed by atoms with Crippen LogP contribution in [0.1, 0.15) is 80.7 Å². The summed E-state index contributed by atoms with van der Waals surface area (Å²) >= 11 is 0. The molecule has 10 rings (SSSR count). The van der Waals surface area contributed by atoms with Crippen molar-refractivity contribution in [2.45, 2.75) is 175 Å². The third kappa shape index (κ3) is 14.7. The third-order valence-corrected chi connectivity index (χ3v) is 16.9. The number of nitrogens with zero attached hydrogens (tertiary/aromatic N) is 6. The second-order valence-electron chi connectivity index (χ2n) is 22.7. The average molecular weight is 1220 g/mol. The number of hydrogen-bond acceptors (Lipinski definition) is 23. The Balaban J connectivity index is 0.956. The standard InChI is InChI=1S/C59H74FN7O20/c1-30-45(70)49(74)50(75)58(81-30)87-51-39(66-26-37(62-64-66)32-14-7-3-8-15-32)24-35(54(76)61-20-21-80-57-48(73)44(46(71)42(28-68)84-57)67-27-38(63-65-67)34-18-11-19-36(60)23-34)25-40(51)83-59-53(86-56(79)33-16-9-4-10-17-33)52(47(72)43(29-69)85-59)82-41(55(77)78)22-31-12-5-2-6-13-31/h3-4,7-11,14-19,23,26-27,30-31,35,39-53,57-59,68-75H,2,5-6,12-13,20-22,24-25,28-29H2,1H3,(H,61,76)(H,77,78)/t30?,35?,39?,40-,41+,42?,43?,44?,45-,46-,47+,48?,49?,50?,51?,52?,53?,57+,58+,59-/m1/s1. The minimum atomic E-state index is -1.87. The van der Waals surface area contributed by atoms with Gasteiger partial charge in [-0.1, -0.05) is 103 Å². The molecule has 20 atom stereocenters. The molecule has 3 aliphatic heterocycles. The quantitative estimate of drug-likeness (QED) is 0.0339. The molecule has 0 spiro atoms. The van der Waals surface area contributed by atoms with Crippen molar-refractivity contribution in [1.82, 2.24) is 35.3 Å². The number of carboxylic acids is 1. The number of esters is 1. The van der Waals surface area contributed by atoms with Gasteiger partial charge in [-0.05, 0) is 56.4 Å². The van der Waals surface area contributed by atoms with Crippen molar-refractivity contribution in [2.75, 3.05) is 26.4 Å². The van der Waals surface area contributed by atoms with E-state index in [1.807, 2.05) is 6.07 Å². The first-order valence-corrected chi connectivity index (χ1v) is 29.3. The smallest absolute Gasteiger partial charge is 0.338 e. The van der Waals surface area contributed by atoms with Crippen LogP contribution in [-0.4, -0.2) is 224 Å². The molecule has 2 aromatic heterocycles. The van der Waals surface area contributed by atoms with Crippen molar-refractivity contribution in [1.29, 1.82) is 0 Å². The summed E-state index contributed by atoms with van der Waals surface area (Å²) < 4.78 is 66.7. The molecule has 1 amide bonds. The summed E-state index contributed by atoms with van der Waals surface area (Å²) in [4.78, 5) is 42.0. The third-order valence-electron chi connectivity index (χ3n) is 16.9. The largest absolute Gasteiger partial charge is 0.479 e. The fraction of sp³-hybridized carbons (Fsp3) is 0.576. The van der Waals surface area contributed by atoms with E-state index in [4.69, 9.17) is 37.9 Å². The van der Waals surface area contributed by atoms with Crippen LogP contribution in [0.5, 0.6) is 0 Å². The predicted molar refractivity (Wildman–Crippen MR) is 295 cm³/mol. The number of amides is 1. The molecule has 5 aliphatic rings. The van der Waals surface area contributed by atoms with Crippen molar-refractivity contribution in [3.8, 4) is 22.5 Å². The molecule has 2 saturated carbocycles. The Morgan fingerprint density at radius 3 is 2.05 bits per heavy atom. The van der Waals surface area contributed by atoms with Gasteiger partial charge in [0.15, 0.2) is 31.1 Å². The summed E-state index contributed by atoms with van der Waals surface area (Å²) in [6.07, 6.45) is -20.2. The minimum Gasteiger partial charge on any atom is -0.479 e. The molecular formula is C59H74FN7O20. The second kappa shape index (κ2) is 28.9. The van der Waals surface area contributed by atoms with Gasteiger partial charge < -0.3 is 89.2 Å². The van der Waals surface area contributed by atoms with E-state index in [0.717, 1.165) is 36.8 Å². The lowest BCUT2D eigenvalue weighted by atomic mass is 9.80. The van der Waals surface area contributed by atoms with Gasteiger partial charge in [0.2, 0.25) is 5.91 Å². The summed E-state index contributed by atoms with van der Waals surface area (Å²) in [7, 11) is 0. The Morgan fingerprint density at radius 2 is 1.34 bits per heavy atom. The van der Waals surface area contributed by atoms with Gasteiger partial charge in [0, 0.05) is 23.6 Å². The minimum absolute atomic E-state index is 0.0461. The van der Waals surface area contributed by atoms with E-state index in [1.165, 1.54) is 48.1 Å². The van der Waals surface area contributed by atoms with Crippen LogP contribution in [0.15, 0.2) is 97.3 Å². The van der Waals surface area contributed by atoms with Crippen LogP contribution >= 0.6 is 0 Å². The van der Waals surface area contributed by atoms with Crippen molar-refractivity contribution in [2.24, 2.45) is 11.8 Å². The molecule has 27 nitrogen and oxygen atoms in total. The van der Waals surface area contributed by atoms with Gasteiger partial charge in [-0.2, -0.15) is 0 Å². The highest BCUT2D eigenvalue weighted by molar-refractivity contribution is 5.89. The lowest BCUT2D eigenvalue weighted by Crippen LogP contribution is -2.64. The molecule has 0 radical (unpaired) electrons. The van der Waals surface area contributed by atoms with E-state index >= 15 is 0 Å². The Hall–Kier alpha value is -6.32. The number of halogens is 1. The van der Waals surface area contributed by atoms with Crippen LogP contribution in [-0.2, 0) is 47.5 Å². The number of carbonyl (C=O) groups excluding carboxylic acids is 2. The summed E-state index contributed by atoms with van der Waals surface area (Å²) in [5, 5.41) is 120. The molecule has 5 heterocycles. The summed E-state index contributed by atoms with van der Waals surface area (Å²) in [5.74, 6) is -4.56. The molecule has 3 aromatic carbocycles. The molecule has 28 heteroatoms. The average Bonchev–Trinajstić information content (AvgIpc) is 2.57. The number of rotatable bonds is 22. The Labute approximate surface area is 498 Å². The Kier molecular flexibility index (Phi) is 21.1. The van der Waals surface area contributed by atoms with Crippen LogP contribution in [0.25, 0.3) is 22.5 Å². The lowest BCUT2D eigenvalue weighted by molar-refractivity contribution is -0.348. The maximum absolute atomic E-state index is 14.8. The monoisotopic (exact) mass is 1220 g/mol. The number of nitrogens with one attached hydrogen (secondary N) is 1. The normalized spacial score (nSPS) is 33.6. The second-order valence-corrected chi connectivity index (χ2v) is 22.7. The maximum atomic E-state index is 14.8. The highest BCUT2D eigenvalue weighted by Gasteiger charge is 2.55. The number of benzene rings is 3. The molecule has 12 unspecified atom stereocenters. The van der Waals surface area contributed by atoms with Crippen molar-refractivity contribution in [3.05, 3.63) is 109 Å². The first-order chi connectivity index (χ1) is 42.0. The topological polar surface area (TPSA) is 381 Å². The first kappa shape index (κ1) is 63.7. The SMILES string of the molecule is CC1O[C@@H](OC2C(n3cc(-c4ccccc4)nn3)CC(C(=O)NCCO[C@H]3OC(CO)[C@@H](O)C(n4cc(-c5cccc(F)c5)nn4)C3O)C[C@H]2O[C@@H]2OC(CO)[C@H](O)C(O[C@@H](CC3CCCCC3)C(=O)O)C2OC(=O)c2ccccc2)C(O)C(O)[C@@H]1O. The summed E-state index contributed by atoms with van der Waals surface area (Å²) in [6, 6.07) is 19.9. The molecular weight excluding hydrogens is 1150 g/mol. The van der Waals surface area contributed by atoms with Gasteiger partial charge in [0.25, 0.3) is 0 Å². The number of carboxylic acid groups (broad SMARTS) is 1. The van der Waals surface area contributed by atoms with E-state index in [1.54, 1.807) is 54.7 Å². The van der Waals surface area contributed by atoms with Gasteiger partial charge in [-0.25, -0.2) is 23.3 Å².